The highest BCUT2D eigenvalue weighted by Crippen LogP contribution is 2.19. The Balaban J connectivity index is 3.07. The summed E-state index contributed by atoms with van der Waals surface area (Å²) in [5.41, 5.74) is 0. The van der Waals surface area contributed by atoms with Crippen LogP contribution >= 0.6 is 27.5 Å². The normalized spacial score (nSPS) is 14.1. The molecule has 0 N–H and O–H groups in total. The van der Waals surface area contributed by atoms with Crippen molar-refractivity contribution in [3.8, 4) is 0 Å². The summed E-state index contributed by atoms with van der Waals surface area (Å²) in [4.78, 5) is 0.273. The quantitative estimate of drug-likeness (QED) is 0.798. The highest BCUT2D eigenvalue weighted by atomic mass is 79.9. The Kier molecular flexibility index (Phi) is 4.79. The van der Waals surface area contributed by atoms with Gasteiger partial charge < -0.3 is 0 Å². The van der Waals surface area contributed by atoms with Gasteiger partial charge in [0.1, 0.15) is 0 Å². The maximum absolute atomic E-state index is 12.1. The predicted molar refractivity (Wildman–Crippen MR) is 69.3 cm³/mol. The van der Waals surface area contributed by atoms with Crippen molar-refractivity contribution in [1.82, 2.24) is 4.31 Å². The minimum Gasteiger partial charge on any atom is -0.207 e. The molecule has 1 rings (SSSR count). The standard InChI is InChI=1S/C10H13BrClNO2S/c1-8(7-12)13(2)16(14,15)10-5-3-9(11)4-6-10/h3-6,8H,7H2,1-2H3. The van der Waals surface area contributed by atoms with Crippen molar-refractivity contribution in [1.29, 1.82) is 0 Å². The van der Waals surface area contributed by atoms with Crippen LogP contribution in [-0.4, -0.2) is 31.7 Å². The van der Waals surface area contributed by atoms with Crippen LogP contribution in [0.5, 0.6) is 0 Å². The zero-order chi connectivity index (χ0) is 12.3. The van der Waals surface area contributed by atoms with Crippen LogP contribution in [-0.2, 0) is 10.0 Å². The van der Waals surface area contributed by atoms with Crippen LogP contribution in [0.4, 0.5) is 0 Å². The lowest BCUT2D eigenvalue weighted by atomic mass is 10.4. The van der Waals surface area contributed by atoms with Crippen molar-refractivity contribution in [3.63, 3.8) is 0 Å². The first kappa shape index (κ1) is 14.0. The molecule has 0 saturated heterocycles. The molecule has 0 fully saturated rings. The highest BCUT2D eigenvalue weighted by molar-refractivity contribution is 9.10. The lowest BCUT2D eigenvalue weighted by Gasteiger charge is -2.22. The maximum Gasteiger partial charge on any atom is 0.243 e. The van der Waals surface area contributed by atoms with Crippen molar-refractivity contribution in [3.05, 3.63) is 28.7 Å². The molecule has 6 heteroatoms. The van der Waals surface area contributed by atoms with E-state index in [9.17, 15) is 8.42 Å². The van der Waals surface area contributed by atoms with Crippen molar-refractivity contribution in [2.24, 2.45) is 0 Å². The topological polar surface area (TPSA) is 37.4 Å². The van der Waals surface area contributed by atoms with Crippen LogP contribution in [0, 0.1) is 0 Å². The van der Waals surface area contributed by atoms with Gasteiger partial charge in [-0.05, 0) is 31.2 Å². The van der Waals surface area contributed by atoms with E-state index in [1.54, 1.807) is 31.2 Å². The Hall–Kier alpha value is -0.100. The molecule has 1 unspecified atom stereocenters. The van der Waals surface area contributed by atoms with Gasteiger partial charge in [0, 0.05) is 23.4 Å². The van der Waals surface area contributed by atoms with Crippen molar-refractivity contribution in [2.45, 2.75) is 17.9 Å². The third-order valence-electron chi connectivity index (χ3n) is 2.33. The Morgan fingerprint density at radius 2 is 1.88 bits per heavy atom. The van der Waals surface area contributed by atoms with Gasteiger partial charge in [-0.1, -0.05) is 15.9 Å². The minimum absolute atomic E-state index is 0.227. The van der Waals surface area contributed by atoms with E-state index in [0.717, 1.165) is 4.47 Å². The average molecular weight is 327 g/mol. The second-order valence-corrected chi connectivity index (χ2v) is 6.70. The Bertz CT molecular complexity index is 446. The molecule has 0 saturated carbocycles. The summed E-state index contributed by atoms with van der Waals surface area (Å²) in [6.07, 6.45) is 0. The van der Waals surface area contributed by atoms with E-state index in [1.807, 2.05) is 0 Å². The van der Waals surface area contributed by atoms with Crippen molar-refractivity contribution >= 4 is 37.6 Å². The number of hydrogen-bond acceptors (Lipinski definition) is 2. The Morgan fingerprint density at radius 1 is 1.38 bits per heavy atom. The second-order valence-electron chi connectivity index (χ2n) is 3.48. The van der Waals surface area contributed by atoms with E-state index < -0.39 is 10.0 Å². The van der Waals surface area contributed by atoms with E-state index in [-0.39, 0.29) is 16.8 Å². The van der Waals surface area contributed by atoms with Crippen LogP contribution in [0.3, 0.4) is 0 Å². The maximum atomic E-state index is 12.1. The predicted octanol–water partition coefficient (Wildman–Crippen LogP) is 2.70. The number of nitrogens with zero attached hydrogens (tertiary/aromatic N) is 1. The molecule has 0 spiro atoms. The smallest absolute Gasteiger partial charge is 0.207 e. The minimum atomic E-state index is -3.44. The van der Waals surface area contributed by atoms with Crippen LogP contribution in [0.1, 0.15) is 6.92 Å². The molecular formula is C10H13BrClNO2S. The molecule has 16 heavy (non-hydrogen) atoms. The van der Waals surface area contributed by atoms with Crippen molar-refractivity contribution < 1.29 is 8.42 Å². The van der Waals surface area contributed by atoms with Gasteiger partial charge in [0.25, 0.3) is 0 Å². The number of hydrogen-bond donors (Lipinski definition) is 0. The fraction of sp³-hybridized carbons (Fsp3) is 0.400. The van der Waals surface area contributed by atoms with E-state index in [0.29, 0.717) is 0 Å². The van der Waals surface area contributed by atoms with Gasteiger partial charge in [-0.2, -0.15) is 4.31 Å². The van der Waals surface area contributed by atoms with Gasteiger partial charge in [0.2, 0.25) is 10.0 Å². The van der Waals surface area contributed by atoms with Crippen LogP contribution in [0.15, 0.2) is 33.6 Å². The van der Waals surface area contributed by atoms with Gasteiger partial charge in [0.15, 0.2) is 0 Å². The summed E-state index contributed by atoms with van der Waals surface area (Å²) in [5.74, 6) is 0.270. The molecule has 0 heterocycles. The van der Waals surface area contributed by atoms with Gasteiger partial charge in [0.05, 0.1) is 4.90 Å². The number of alkyl halides is 1. The molecule has 0 aliphatic carbocycles. The molecule has 90 valence electrons. The summed E-state index contributed by atoms with van der Waals surface area (Å²) in [6.45, 7) is 1.77. The first-order valence-electron chi connectivity index (χ1n) is 4.69. The third-order valence-corrected chi connectivity index (χ3v) is 5.30. The van der Waals surface area contributed by atoms with E-state index in [2.05, 4.69) is 15.9 Å². The third kappa shape index (κ3) is 2.97. The number of sulfonamides is 1. The van der Waals surface area contributed by atoms with E-state index >= 15 is 0 Å². The molecular weight excluding hydrogens is 314 g/mol. The van der Waals surface area contributed by atoms with Crippen LogP contribution in [0.2, 0.25) is 0 Å². The molecule has 0 radical (unpaired) electrons. The molecule has 1 atom stereocenters. The van der Waals surface area contributed by atoms with Crippen LogP contribution < -0.4 is 0 Å². The largest absolute Gasteiger partial charge is 0.243 e. The molecule has 3 nitrogen and oxygen atoms in total. The zero-order valence-corrected chi connectivity index (χ0v) is 12.2. The van der Waals surface area contributed by atoms with E-state index in [1.165, 1.54) is 11.4 Å². The van der Waals surface area contributed by atoms with Gasteiger partial charge in [-0.3, -0.25) is 0 Å². The van der Waals surface area contributed by atoms with Gasteiger partial charge >= 0.3 is 0 Å². The lowest BCUT2D eigenvalue weighted by molar-refractivity contribution is 0.413. The average Bonchev–Trinajstić information content (AvgIpc) is 2.27. The Labute approximate surface area is 110 Å². The van der Waals surface area contributed by atoms with Gasteiger partial charge in [-0.25, -0.2) is 8.42 Å². The molecule has 0 aromatic heterocycles. The summed E-state index contributed by atoms with van der Waals surface area (Å²) in [7, 11) is -1.91. The van der Waals surface area contributed by atoms with E-state index in [4.69, 9.17) is 11.6 Å². The highest BCUT2D eigenvalue weighted by Gasteiger charge is 2.24. The number of rotatable bonds is 4. The summed E-state index contributed by atoms with van der Waals surface area (Å²) < 4.78 is 26.3. The Morgan fingerprint density at radius 3 is 2.31 bits per heavy atom. The SMILES string of the molecule is CC(CCl)N(C)S(=O)(=O)c1ccc(Br)cc1. The first-order valence-corrected chi connectivity index (χ1v) is 7.46. The summed E-state index contributed by atoms with van der Waals surface area (Å²) in [6, 6.07) is 6.31. The summed E-state index contributed by atoms with van der Waals surface area (Å²) >= 11 is 8.91. The van der Waals surface area contributed by atoms with Gasteiger partial charge in [-0.15, -0.1) is 11.6 Å². The fourth-order valence-corrected chi connectivity index (χ4v) is 3.02. The molecule has 1 aromatic rings. The number of halogens is 2. The number of benzene rings is 1. The zero-order valence-electron chi connectivity index (χ0n) is 9.02. The lowest BCUT2D eigenvalue weighted by Crippen LogP contribution is -2.36. The molecule has 0 bridgehead atoms. The molecule has 1 aromatic carbocycles. The molecule has 0 aliphatic heterocycles. The molecule has 0 amide bonds. The monoisotopic (exact) mass is 325 g/mol. The first-order chi connectivity index (χ1) is 7.39. The van der Waals surface area contributed by atoms with Crippen LogP contribution in [0.25, 0.3) is 0 Å². The molecule has 0 aliphatic rings. The fourth-order valence-electron chi connectivity index (χ4n) is 1.11. The second kappa shape index (κ2) is 5.49. The summed E-state index contributed by atoms with van der Waals surface area (Å²) in [5, 5.41) is 0. The van der Waals surface area contributed by atoms with Crippen molar-refractivity contribution in [2.75, 3.05) is 12.9 Å².